The van der Waals surface area contributed by atoms with Gasteiger partial charge in [0.25, 0.3) is 5.91 Å². The molecule has 1 unspecified atom stereocenters. The summed E-state index contributed by atoms with van der Waals surface area (Å²) in [6.07, 6.45) is 6.29. The van der Waals surface area contributed by atoms with Crippen LogP contribution in [-0.4, -0.2) is 46.3 Å². The van der Waals surface area contributed by atoms with Crippen molar-refractivity contribution in [3.63, 3.8) is 0 Å². The van der Waals surface area contributed by atoms with Gasteiger partial charge in [0.05, 0.1) is 0 Å². The zero-order valence-electron chi connectivity index (χ0n) is 11.5. The fourth-order valence-corrected chi connectivity index (χ4v) is 3.72. The third kappa shape index (κ3) is 2.39. The summed E-state index contributed by atoms with van der Waals surface area (Å²) in [4.78, 5) is 30.4. The number of rotatable bonds is 2. The molecule has 3 aliphatic rings. The fourth-order valence-electron chi connectivity index (χ4n) is 3.72. The smallest absolute Gasteiger partial charge is 0.353 e. The molecule has 3 atom stereocenters. The lowest BCUT2D eigenvalue weighted by molar-refractivity contribution is -0.148. The molecule has 1 amide bonds. The molecule has 0 aromatic heterocycles. The molecule has 2 aliphatic heterocycles. The standard InChI is InChI=1S/C14H20N2O4/c17-13(12-8-10(14(18)19)15-20-12)16-7-3-5-9-4-1-2-6-11(9)16/h9,11-12H,1-8H2,(H,18,19)/t9-,11-,12?/m1/s1. The van der Waals surface area contributed by atoms with Gasteiger partial charge in [0.1, 0.15) is 0 Å². The Hall–Kier alpha value is -1.59. The number of oxime groups is 1. The Balaban J connectivity index is 1.66. The molecule has 1 saturated heterocycles. The Morgan fingerprint density at radius 1 is 1.20 bits per heavy atom. The summed E-state index contributed by atoms with van der Waals surface area (Å²) in [5.74, 6) is -0.571. The molecular formula is C14H20N2O4. The number of hydrogen-bond acceptors (Lipinski definition) is 4. The van der Waals surface area contributed by atoms with Crippen LogP contribution in [-0.2, 0) is 14.4 Å². The Bertz CT molecular complexity index is 446. The SMILES string of the molecule is O=C(O)C1=NOC(C(=O)N2CCC[C@H]3CCCC[C@H]32)C1. The van der Waals surface area contributed by atoms with Crippen LogP contribution in [0.15, 0.2) is 5.16 Å². The van der Waals surface area contributed by atoms with E-state index in [1.807, 2.05) is 4.90 Å². The summed E-state index contributed by atoms with van der Waals surface area (Å²) in [7, 11) is 0. The van der Waals surface area contributed by atoms with Crippen LogP contribution in [0.1, 0.15) is 44.9 Å². The highest BCUT2D eigenvalue weighted by Crippen LogP contribution is 2.36. The van der Waals surface area contributed by atoms with Gasteiger partial charge in [-0.15, -0.1) is 0 Å². The molecule has 6 nitrogen and oxygen atoms in total. The summed E-state index contributed by atoms with van der Waals surface area (Å²) >= 11 is 0. The molecule has 1 N–H and O–H groups in total. The zero-order chi connectivity index (χ0) is 14.1. The Kier molecular flexibility index (Phi) is 3.63. The van der Waals surface area contributed by atoms with Crippen LogP contribution in [0.4, 0.5) is 0 Å². The quantitative estimate of drug-likeness (QED) is 0.829. The number of aliphatic carboxylic acids is 1. The number of piperidine rings is 1. The van der Waals surface area contributed by atoms with Crippen molar-refractivity contribution in [3.8, 4) is 0 Å². The number of carboxylic acids is 1. The van der Waals surface area contributed by atoms with Gasteiger partial charge < -0.3 is 14.8 Å². The number of amides is 1. The van der Waals surface area contributed by atoms with Gasteiger partial charge in [-0.05, 0) is 31.6 Å². The average molecular weight is 280 g/mol. The highest BCUT2D eigenvalue weighted by atomic mass is 16.6. The van der Waals surface area contributed by atoms with Gasteiger partial charge in [-0.2, -0.15) is 0 Å². The van der Waals surface area contributed by atoms with Gasteiger partial charge in [0.2, 0.25) is 6.10 Å². The van der Waals surface area contributed by atoms with E-state index in [2.05, 4.69) is 5.16 Å². The summed E-state index contributed by atoms with van der Waals surface area (Å²) in [5, 5.41) is 12.4. The van der Waals surface area contributed by atoms with E-state index >= 15 is 0 Å². The third-order valence-electron chi connectivity index (χ3n) is 4.72. The normalized spacial score (nSPS) is 33.1. The molecule has 1 saturated carbocycles. The number of carboxylic acid groups (broad SMARTS) is 1. The minimum absolute atomic E-state index is 0.0550. The van der Waals surface area contributed by atoms with Gasteiger partial charge in [0.15, 0.2) is 5.71 Å². The van der Waals surface area contributed by atoms with E-state index in [-0.39, 0.29) is 18.0 Å². The monoisotopic (exact) mass is 280 g/mol. The van der Waals surface area contributed by atoms with E-state index in [1.54, 1.807) is 0 Å². The van der Waals surface area contributed by atoms with E-state index in [0.29, 0.717) is 12.0 Å². The highest BCUT2D eigenvalue weighted by molar-refractivity contribution is 6.36. The highest BCUT2D eigenvalue weighted by Gasteiger charge is 2.41. The molecule has 0 radical (unpaired) electrons. The molecule has 0 aromatic rings. The van der Waals surface area contributed by atoms with Crippen LogP contribution in [0.25, 0.3) is 0 Å². The zero-order valence-corrected chi connectivity index (χ0v) is 11.5. The summed E-state index contributed by atoms with van der Waals surface area (Å²) in [6, 6.07) is 0.322. The second-order valence-corrected chi connectivity index (χ2v) is 5.93. The maximum atomic E-state index is 12.6. The lowest BCUT2D eigenvalue weighted by Gasteiger charge is -2.44. The third-order valence-corrected chi connectivity index (χ3v) is 4.72. The van der Waals surface area contributed by atoms with Crippen molar-refractivity contribution in [2.45, 2.75) is 57.1 Å². The maximum Gasteiger partial charge on any atom is 0.353 e. The summed E-state index contributed by atoms with van der Waals surface area (Å²) in [6.45, 7) is 0.766. The maximum absolute atomic E-state index is 12.6. The van der Waals surface area contributed by atoms with Crippen LogP contribution in [0, 0.1) is 5.92 Å². The van der Waals surface area contributed by atoms with Crippen LogP contribution in [0.3, 0.4) is 0 Å². The average Bonchev–Trinajstić information content (AvgIpc) is 2.96. The van der Waals surface area contributed by atoms with Crippen molar-refractivity contribution < 1.29 is 19.5 Å². The first kappa shape index (κ1) is 13.4. The predicted octanol–water partition coefficient (Wildman–Crippen LogP) is 1.40. The Morgan fingerprint density at radius 3 is 2.70 bits per heavy atom. The summed E-state index contributed by atoms with van der Waals surface area (Å²) < 4.78 is 0. The second-order valence-electron chi connectivity index (χ2n) is 5.93. The lowest BCUT2D eigenvalue weighted by Crippen LogP contribution is -2.52. The Morgan fingerprint density at radius 2 is 1.95 bits per heavy atom. The van der Waals surface area contributed by atoms with Gasteiger partial charge in [-0.3, -0.25) is 4.79 Å². The number of carbonyl (C=O) groups excluding carboxylic acids is 1. The number of carbonyl (C=O) groups is 2. The van der Waals surface area contributed by atoms with E-state index in [0.717, 1.165) is 19.4 Å². The van der Waals surface area contributed by atoms with E-state index in [9.17, 15) is 9.59 Å². The van der Waals surface area contributed by atoms with Crippen molar-refractivity contribution in [3.05, 3.63) is 0 Å². The first-order chi connectivity index (χ1) is 9.66. The molecule has 1 aliphatic carbocycles. The van der Waals surface area contributed by atoms with Gasteiger partial charge in [0, 0.05) is 19.0 Å². The molecule has 2 fully saturated rings. The first-order valence-corrected chi connectivity index (χ1v) is 7.43. The van der Waals surface area contributed by atoms with E-state index < -0.39 is 12.1 Å². The minimum Gasteiger partial charge on any atom is -0.477 e. The number of hydrogen-bond donors (Lipinski definition) is 1. The second kappa shape index (κ2) is 5.42. The van der Waals surface area contributed by atoms with Gasteiger partial charge in [-0.1, -0.05) is 18.0 Å². The summed E-state index contributed by atoms with van der Waals surface area (Å²) in [5.41, 5.74) is -0.0550. The number of likely N-dealkylation sites (tertiary alicyclic amines) is 1. The largest absolute Gasteiger partial charge is 0.477 e. The molecule has 0 bridgehead atoms. The van der Waals surface area contributed by atoms with Gasteiger partial charge >= 0.3 is 5.97 Å². The van der Waals surface area contributed by atoms with Crippen LogP contribution in [0.2, 0.25) is 0 Å². The number of fused-ring (bicyclic) bond motifs is 1. The van der Waals surface area contributed by atoms with Crippen molar-refractivity contribution >= 4 is 17.6 Å². The van der Waals surface area contributed by atoms with Crippen LogP contribution >= 0.6 is 0 Å². The van der Waals surface area contributed by atoms with E-state index in [1.165, 1.54) is 25.7 Å². The molecule has 0 spiro atoms. The molecular weight excluding hydrogens is 260 g/mol. The first-order valence-electron chi connectivity index (χ1n) is 7.43. The van der Waals surface area contributed by atoms with Crippen molar-refractivity contribution in [1.82, 2.24) is 4.90 Å². The fraction of sp³-hybridized carbons (Fsp3) is 0.786. The van der Waals surface area contributed by atoms with Crippen LogP contribution in [0.5, 0.6) is 0 Å². The molecule has 3 rings (SSSR count). The number of nitrogens with zero attached hydrogens (tertiary/aromatic N) is 2. The van der Waals surface area contributed by atoms with Crippen LogP contribution < -0.4 is 0 Å². The lowest BCUT2D eigenvalue weighted by atomic mass is 9.78. The van der Waals surface area contributed by atoms with E-state index in [4.69, 9.17) is 9.94 Å². The van der Waals surface area contributed by atoms with Crippen molar-refractivity contribution in [2.75, 3.05) is 6.54 Å². The van der Waals surface area contributed by atoms with Crippen molar-refractivity contribution in [1.29, 1.82) is 0 Å². The predicted molar refractivity (Wildman–Crippen MR) is 71.3 cm³/mol. The molecule has 0 aromatic carbocycles. The molecule has 2 heterocycles. The van der Waals surface area contributed by atoms with Crippen molar-refractivity contribution in [2.24, 2.45) is 11.1 Å². The van der Waals surface area contributed by atoms with Gasteiger partial charge in [-0.25, -0.2) is 4.79 Å². The minimum atomic E-state index is -1.10. The molecule has 110 valence electrons. The molecule has 20 heavy (non-hydrogen) atoms. The molecule has 6 heteroatoms. The Labute approximate surface area is 117 Å². The topological polar surface area (TPSA) is 79.2 Å².